The van der Waals surface area contributed by atoms with E-state index in [1.54, 1.807) is 0 Å². The molecule has 3 aromatic carbocycles. The van der Waals surface area contributed by atoms with Crippen LogP contribution < -0.4 is 18.5 Å². The number of amides is 2. The molecule has 1 unspecified atom stereocenters. The van der Waals surface area contributed by atoms with Gasteiger partial charge in [0.1, 0.15) is 16.4 Å². The molecular formula is C33H35ClF3N3O9S. The molecule has 0 aliphatic carbocycles. The molecule has 12 nitrogen and oxygen atoms in total. The number of anilines is 1. The van der Waals surface area contributed by atoms with Crippen LogP contribution in [0.15, 0.2) is 59.5 Å². The lowest BCUT2D eigenvalue weighted by atomic mass is 9.79. The second-order valence-corrected chi connectivity index (χ2v) is 14.8. The van der Waals surface area contributed by atoms with Gasteiger partial charge in [-0.2, -0.15) is 0 Å². The molecule has 5 rings (SSSR count). The molecule has 2 heterocycles. The fourth-order valence-corrected chi connectivity index (χ4v) is 8.23. The summed E-state index contributed by atoms with van der Waals surface area (Å²) in [5.74, 6) is -3.09. The Morgan fingerprint density at radius 2 is 1.68 bits per heavy atom. The Bertz CT molecular complexity index is 1950. The van der Waals surface area contributed by atoms with E-state index in [-0.39, 0.29) is 51.9 Å². The highest BCUT2D eigenvalue weighted by Crippen LogP contribution is 2.56. The molecule has 3 atom stereocenters. The number of carbonyl (C=O) groups excluding carboxylic acids is 2. The molecule has 2 aliphatic rings. The lowest BCUT2D eigenvalue weighted by Gasteiger charge is -2.42. The zero-order valence-corrected chi connectivity index (χ0v) is 29.4. The van der Waals surface area contributed by atoms with Gasteiger partial charge >= 0.3 is 6.36 Å². The summed E-state index contributed by atoms with van der Waals surface area (Å²) in [5, 5.41) is 22.1. The number of likely N-dealkylation sites (tertiary alicyclic amines) is 1. The Balaban J connectivity index is 1.91. The Morgan fingerprint density at radius 1 is 1.00 bits per heavy atom. The maximum atomic E-state index is 15.4. The van der Waals surface area contributed by atoms with E-state index in [1.807, 2.05) is 0 Å². The third-order valence-electron chi connectivity index (χ3n) is 8.69. The monoisotopic (exact) mass is 741 g/mol. The van der Waals surface area contributed by atoms with Crippen molar-refractivity contribution >= 4 is 39.1 Å². The molecule has 3 aromatic rings. The number of nitrogens with zero attached hydrogens (tertiary/aromatic N) is 3. The number of aliphatic hydroxyl groups excluding tert-OH is 1. The molecule has 0 saturated carbocycles. The number of benzene rings is 3. The standard InChI is InChI=1S/C33H35ClF3N3O9S/c1-31(2,44)18-7-11-26(48-6)23(13-18)32(39-17-20(41)15-25(39)29(42)38(3)4)22-14-19(34)8-10-24(22)40(30(32)43)50(45,46)28-12-9-21(47-5)16-27(28)49-33(35,36)37/h7-14,16,20,25,41,44H,15,17H2,1-6H3/t20-,25+,32?/m1/s1. The first-order chi connectivity index (χ1) is 23.2. The van der Waals surface area contributed by atoms with Crippen molar-refractivity contribution in [3.63, 3.8) is 0 Å². The molecule has 2 N–H and O–H groups in total. The number of likely N-dealkylation sites (N-methyl/N-ethyl adjacent to an activating group) is 1. The van der Waals surface area contributed by atoms with Gasteiger partial charge in [0, 0.05) is 42.9 Å². The van der Waals surface area contributed by atoms with Gasteiger partial charge in [-0.3, -0.25) is 14.5 Å². The Labute approximate surface area is 291 Å². The lowest BCUT2D eigenvalue weighted by Crippen LogP contribution is -2.59. The van der Waals surface area contributed by atoms with Crippen molar-refractivity contribution in [2.45, 2.75) is 54.8 Å². The highest BCUT2D eigenvalue weighted by atomic mass is 35.5. The zero-order chi connectivity index (χ0) is 37.1. The number of methoxy groups -OCH3 is 2. The number of hydrogen-bond acceptors (Lipinski definition) is 10. The third kappa shape index (κ3) is 6.23. The smallest absolute Gasteiger partial charge is 0.497 e. The molecule has 0 aromatic heterocycles. The Kier molecular flexibility index (Phi) is 9.59. The van der Waals surface area contributed by atoms with Crippen LogP contribution >= 0.6 is 11.6 Å². The van der Waals surface area contributed by atoms with Gasteiger partial charge < -0.3 is 29.3 Å². The summed E-state index contributed by atoms with van der Waals surface area (Å²) >= 11 is 6.51. The van der Waals surface area contributed by atoms with Crippen molar-refractivity contribution in [2.24, 2.45) is 0 Å². The van der Waals surface area contributed by atoms with Gasteiger partial charge in [-0.15, -0.1) is 13.2 Å². The summed E-state index contributed by atoms with van der Waals surface area (Å²) in [5.41, 5.74) is -3.99. The van der Waals surface area contributed by atoms with Crippen LogP contribution in [0.1, 0.15) is 37.0 Å². The van der Waals surface area contributed by atoms with Gasteiger partial charge in [0.25, 0.3) is 15.9 Å². The summed E-state index contributed by atoms with van der Waals surface area (Å²) in [6.07, 6.45) is -6.68. The topological polar surface area (TPSA) is 146 Å². The van der Waals surface area contributed by atoms with Crippen LogP contribution in [0.25, 0.3) is 0 Å². The predicted molar refractivity (Wildman–Crippen MR) is 175 cm³/mol. The van der Waals surface area contributed by atoms with Crippen molar-refractivity contribution in [3.8, 4) is 17.2 Å². The number of hydrogen-bond donors (Lipinski definition) is 2. The van der Waals surface area contributed by atoms with E-state index in [1.165, 1.54) is 81.3 Å². The minimum atomic E-state index is -5.34. The molecule has 0 spiro atoms. The maximum absolute atomic E-state index is 15.4. The summed E-state index contributed by atoms with van der Waals surface area (Å²) < 4.78 is 85.3. The van der Waals surface area contributed by atoms with E-state index >= 15 is 4.79 Å². The van der Waals surface area contributed by atoms with Crippen molar-refractivity contribution in [3.05, 3.63) is 76.3 Å². The van der Waals surface area contributed by atoms with Gasteiger partial charge in [-0.05, 0) is 68.3 Å². The van der Waals surface area contributed by atoms with Crippen molar-refractivity contribution < 1.29 is 55.6 Å². The molecule has 17 heteroatoms. The van der Waals surface area contributed by atoms with Gasteiger partial charge in [0.15, 0.2) is 11.3 Å². The highest BCUT2D eigenvalue weighted by molar-refractivity contribution is 7.93. The first-order valence-electron chi connectivity index (χ1n) is 15.1. The van der Waals surface area contributed by atoms with Crippen LogP contribution in [0.4, 0.5) is 18.9 Å². The van der Waals surface area contributed by atoms with Gasteiger partial charge in [-0.25, -0.2) is 12.7 Å². The third-order valence-corrected chi connectivity index (χ3v) is 10.7. The summed E-state index contributed by atoms with van der Waals surface area (Å²) in [4.78, 5) is 30.7. The number of ether oxygens (including phenoxy) is 3. The number of sulfonamides is 1. The van der Waals surface area contributed by atoms with E-state index in [0.29, 0.717) is 4.31 Å². The number of carbonyl (C=O) groups is 2. The van der Waals surface area contributed by atoms with Gasteiger partial charge in [0.05, 0.1) is 37.7 Å². The average Bonchev–Trinajstić information content (AvgIpc) is 3.53. The van der Waals surface area contributed by atoms with E-state index in [2.05, 4.69) is 4.74 Å². The number of fused-ring (bicyclic) bond motifs is 1. The van der Waals surface area contributed by atoms with Crippen LogP contribution in [0, 0.1) is 0 Å². The maximum Gasteiger partial charge on any atom is 0.573 e. The molecule has 2 amide bonds. The molecule has 2 aliphatic heterocycles. The summed E-state index contributed by atoms with van der Waals surface area (Å²) in [6.45, 7) is 2.62. The van der Waals surface area contributed by atoms with Crippen LogP contribution in [-0.2, 0) is 30.8 Å². The SMILES string of the molecule is COc1ccc(S(=O)(=O)N2C(=O)C(c3cc(C(C)(C)O)ccc3OC)(N3C[C@H](O)C[C@H]3C(=O)N(C)C)c3cc(Cl)ccc32)c(OC(F)(F)F)c1. The Morgan fingerprint density at radius 3 is 2.26 bits per heavy atom. The summed E-state index contributed by atoms with van der Waals surface area (Å²) in [7, 11) is 0.0993. The minimum Gasteiger partial charge on any atom is -0.497 e. The minimum absolute atomic E-state index is 0.0273. The number of halogens is 4. The molecule has 1 fully saturated rings. The van der Waals surface area contributed by atoms with Crippen molar-refractivity contribution in [1.29, 1.82) is 0 Å². The molecule has 50 heavy (non-hydrogen) atoms. The van der Waals surface area contributed by atoms with Gasteiger partial charge in [0.2, 0.25) is 5.91 Å². The van der Waals surface area contributed by atoms with Crippen LogP contribution in [0.5, 0.6) is 17.2 Å². The number of β-amino-alcohol motifs (C(OH)–C–C–N with tert-alkyl or cyclic N) is 1. The number of rotatable bonds is 9. The molecule has 0 bridgehead atoms. The molecular weight excluding hydrogens is 707 g/mol. The van der Waals surface area contributed by atoms with E-state index in [9.17, 15) is 36.6 Å². The summed E-state index contributed by atoms with van der Waals surface area (Å²) in [6, 6.07) is 9.61. The van der Waals surface area contributed by atoms with Crippen LogP contribution in [-0.4, -0.2) is 93.6 Å². The lowest BCUT2D eigenvalue weighted by molar-refractivity contribution is -0.275. The first kappa shape index (κ1) is 37.2. The fourth-order valence-electron chi connectivity index (χ4n) is 6.50. The molecule has 1 saturated heterocycles. The normalized spacial score (nSPS) is 21.3. The van der Waals surface area contributed by atoms with Gasteiger partial charge in [-0.1, -0.05) is 17.7 Å². The number of alkyl halides is 3. The second-order valence-electron chi connectivity index (χ2n) is 12.6. The van der Waals surface area contributed by atoms with Crippen LogP contribution in [0.2, 0.25) is 5.02 Å². The van der Waals surface area contributed by atoms with Crippen LogP contribution in [0.3, 0.4) is 0 Å². The van der Waals surface area contributed by atoms with E-state index < -0.39 is 62.1 Å². The average molecular weight is 742 g/mol. The van der Waals surface area contributed by atoms with E-state index in [4.69, 9.17) is 21.1 Å². The quantitative estimate of drug-likeness (QED) is 0.330. The number of aliphatic hydroxyl groups is 2. The molecule has 0 radical (unpaired) electrons. The van der Waals surface area contributed by atoms with E-state index in [0.717, 1.165) is 25.3 Å². The Hall–Kier alpha value is -4.09. The largest absolute Gasteiger partial charge is 0.573 e. The fraction of sp³-hybridized carbons (Fsp3) is 0.394. The van der Waals surface area contributed by atoms with Crippen molar-refractivity contribution in [1.82, 2.24) is 9.80 Å². The zero-order valence-electron chi connectivity index (χ0n) is 27.8. The predicted octanol–water partition coefficient (Wildman–Crippen LogP) is 3.99. The second kappa shape index (κ2) is 12.9. The molecule has 270 valence electrons. The highest BCUT2D eigenvalue weighted by Gasteiger charge is 2.64. The first-order valence-corrected chi connectivity index (χ1v) is 16.9. The van der Waals surface area contributed by atoms with Crippen molar-refractivity contribution in [2.75, 3.05) is 39.2 Å².